The van der Waals surface area contributed by atoms with Crippen LogP contribution in [0.2, 0.25) is 0 Å². The van der Waals surface area contributed by atoms with Gasteiger partial charge in [0.15, 0.2) is 0 Å². The number of hydrogen-bond acceptors (Lipinski definition) is 6. The molecule has 10 heteroatoms. The molecule has 1 amide bonds. The molecule has 0 atom stereocenters. The molecule has 0 bridgehead atoms. The predicted molar refractivity (Wildman–Crippen MR) is 78.8 cm³/mol. The summed E-state index contributed by atoms with van der Waals surface area (Å²) in [6.45, 7) is 2.08. The van der Waals surface area contributed by atoms with E-state index in [0.29, 0.717) is 17.7 Å². The zero-order valence-electron chi connectivity index (χ0n) is 13.5. The van der Waals surface area contributed by atoms with Crippen LogP contribution in [0.1, 0.15) is 18.4 Å². The van der Waals surface area contributed by atoms with E-state index in [2.05, 4.69) is 14.7 Å². The van der Waals surface area contributed by atoms with E-state index in [9.17, 15) is 18.0 Å². The van der Waals surface area contributed by atoms with Gasteiger partial charge in [-0.15, -0.1) is 0 Å². The lowest BCUT2D eigenvalue weighted by molar-refractivity contribution is -0.192. The first-order valence-corrected chi connectivity index (χ1v) is 7.27. The topological polar surface area (TPSA) is 77.7 Å². The number of rotatable bonds is 7. The molecule has 0 radical (unpaired) electrons. The molecule has 0 spiro atoms. The summed E-state index contributed by atoms with van der Waals surface area (Å²) >= 11 is 0. The smallest absolute Gasteiger partial charge is 0.375 e. The van der Waals surface area contributed by atoms with Crippen molar-refractivity contribution in [1.29, 1.82) is 0 Å². The third-order valence-corrected chi connectivity index (χ3v) is 3.04. The number of nitrogens with zero attached hydrogens (tertiary/aromatic N) is 3. The zero-order valence-corrected chi connectivity index (χ0v) is 13.5. The van der Waals surface area contributed by atoms with Crippen LogP contribution in [0.5, 0.6) is 0 Å². The van der Waals surface area contributed by atoms with Crippen molar-refractivity contribution in [2.75, 3.05) is 20.3 Å². The van der Waals surface area contributed by atoms with E-state index >= 15 is 0 Å². The van der Waals surface area contributed by atoms with Gasteiger partial charge in [-0.25, -0.2) is 5.06 Å². The normalized spacial score (nSPS) is 11.6. The lowest BCUT2D eigenvalue weighted by atomic mass is 10.1. The Morgan fingerprint density at radius 3 is 2.48 bits per heavy atom. The Morgan fingerprint density at radius 2 is 1.96 bits per heavy atom. The molecule has 2 rings (SSSR count). The Morgan fingerprint density at radius 1 is 1.28 bits per heavy atom. The molecule has 1 aromatic heterocycles. The van der Waals surface area contributed by atoms with Gasteiger partial charge in [-0.05, 0) is 12.5 Å². The predicted octanol–water partition coefficient (Wildman–Crippen LogP) is 2.68. The number of hydroxylamine groups is 2. The summed E-state index contributed by atoms with van der Waals surface area (Å²) in [5, 5.41) is 4.47. The summed E-state index contributed by atoms with van der Waals surface area (Å²) in [5.41, 5.74) is 1.07. The molecule has 2 aromatic rings. The van der Waals surface area contributed by atoms with Gasteiger partial charge in [-0.2, -0.15) is 18.2 Å². The van der Waals surface area contributed by atoms with E-state index in [1.807, 2.05) is 0 Å². The highest BCUT2D eigenvalue weighted by atomic mass is 19.4. The van der Waals surface area contributed by atoms with Gasteiger partial charge in [0.05, 0.1) is 13.2 Å². The summed E-state index contributed by atoms with van der Waals surface area (Å²) in [7, 11) is 1.40. The van der Waals surface area contributed by atoms with Crippen LogP contribution in [0.3, 0.4) is 0 Å². The van der Waals surface area contributed by atoms with E-state index in [1.165, 1.54) is 19.2 Å². The van der Waals surface area contributed by atoms with Crippen molar-refractivity contribution in [3.05, 3.63) is 35.7 Å². The summed E-state index contributed by atoms with van der Waals surface area (Å²) < 4.78 is 46.4. The van der Waals surface area contributed by atoms with Crippen molar-refractivity contribution in [3.63, 3.8) is 0 Å². The zero-order chi connectivity index (χ0) is 18.4. The molecule has 0 saturated carbocycles. The summed E-state index contributed by atoms with van der Waals surface area (Å²) in [5.74, 6) is -1.92. The van der Waals surface area contributed by atoms with Gasteiger partial charge in [0.2, 0.25) is 5.82 Å². The highest BCUT2D eigenvalue weighted by Crippen LogP contribution is 2.29. The molecule has 0 aliphatic heterocycles. The highest BCUT2D eigenvalue weighted by Gasteiger charge is 2.38. The minimum atomic E-state index is -4.69. The molecular formula is C15H16F3N3O4. The van der Waals surface area contributed by atoms with E-state index in [-0.39, 0.29) is 24.9 Å². The SMILES string of the molecule is CCON(Cc1ccc(-c2noc(C(F)(F)F)n2)cc1)C(=O)COC. The van der Waals surface area contributed by atoms with Crippen molar-refractivity contribution in [2.45, 2.75) is 19.6 Å². The summed E-state index contributed by atoms with van der Waals surface area (Å²) in [4.78, 5) is 20.4. The van der Waals surface area contributed by atoms with Crippen LogP contribution in [0.15, 0.2) is 28.8 Å². The van der Waals surface area contributed by atoms with Gasteiger partial charge in [0.25, 0.3) is 5.91 Å². The minimum absolute atomic E-state index is 0.124. The Bertz CT molecular complexity index is 701. The van der Waals surface area contributed by atoms with Crippen molar-refractivity contribution < 1.29 is 32.1 Å². The lowest BCUT2D eigenvalue weighted by Gasteiger charge is -2.21. The van der Waals surface area contributed by atoms with Crippen molar-refractivity contribution >= 4 is 5.91 Å². The maximum absolute atomic E-state index is 12.5. The fraction of sp³-hybridized carbons (Fsp3) is 0.400. The van der Waals surface area contributed by atoms with Crippen molar-refractivity contribution in [1.82, 2.24) is 15.2 Å². The standard InChI is InChI=1S/C15H16F3N3O4/c1-3-24-21(12(22)9-23-2)8-10-4-6-11(7-5-10)13-19-14(25-20-13)15(16,17)18/h4-7H,3,8-9H2,1-2H3. The van der Waals surface area contributed by atoms with Gasteiger partial charge in [-0.1, -0.05) is 29.4 Å². The number of methoxy groups -OCH3 is 1. The average molecular weight is 359 g/mol. The second-order valence-corrected chi connectivity index (χ2v) is 4.90. The maximum Gasteiger partial charge on any atom is 0.471 e. The van der Waals surface area contributed by atoms with Gasteiger partial charge in [0.1, 0.15) is 6.61 Å². The van der Waals surface area contributed by atoms with E-state index in [4.69, 9.17) is 9.57 Å². The number of amides is 1. The van der Waals surface area contributed by atoms with Gasteiger partial charge in [-0.3, -0.25) is 9.63 Å². The highest BCUT2D eigenvalue weighted by molar-refractivity contribution is 5.76. The summed E-state index contributed by atoms with van der Waals surface area (Å²) in [6, 6.07) is 6.33. The second-order valence-electron chi connectivity index (χ2n) is 4.90. The molecule has 7 nitrogen and oxygen atoms in total. The largest absolute Gasteiger partial charge is 0.471 e. The molecular weight excluding hydrogens is 343 g/mol. The molecule has 0 saturated heterocycles. The third kappa shape index (κ3) is 5.00. The molecule has 136 valence electrons. The van der Waals surface area contributed by atoms with Crippen LogP contribution in [-0.2, 0) is 27.1 Å². The van der Waals surface area contributed by atoms with Crippen molar-refractivity contribution in [2.24, 2.45) is 0 Å². The van der Waals surface area contributed by atoms with Crippen LogP contribution in [-0.4, -0.2) is 41.4 Å². The molecule has 0 unspecified atom stereocenters. The molecule has 1 heterocycles. The minimum Gasteiger partial charge on any atom is -0.375 e. The average Bonchev–Trinajstić information content (AvgIpc) is 3.05. The molecule has 0 aliphatic carbocycles. The van der Waals surface area contributed by atoms with Gasteiger partial charge in [0, 0.05) is 12.7 Å². The van der Waals surface area contributed by atoms with Gasteiger partial charge >= 0.3 is 12.1 Å². The Balaban J connectivity index is 2.10. The third-order valence-electron chi connectivity index (χ3n) is 3.04. The van der Waals surface area contributed by atoms with Crippen LogP contribution in [0, 0.1) is 0 Å². The lowest BCUT2D eigenvalue weighted by Crippen LogP contribution is -2.33. The number of alkyl halides is 3. The number of benzene rings is 1. The number of hydrogen-bond donors (Lipinski definition) is 0. The van der Waals surface area contributed by atoms with E-state index in [1.54, 1.807) is 19.1 Å². The fourth-order valence-electron chi connectivity index (χ4n) is 1.94. The van der Waals surface area contributed by atoms with Gasteiger partial charge < -0.3 is 9.26 Å². The second kappa shape index (κ2) is 8.08. The quantitative estimate of drug-likeness (QED) is 0.708. The van der Waals surface area contributed by atoms with Crippen LogP contribution >= 0.6 is 0 Å². The van der Waals surface area contributed by atoms with E-state index in [0.717, 1.165) is 5.06 Å². The Kier molecular flexibility index (Phi) is 6.10. The first-order chi connectivity index (χ1) is 11.8. The first-order valence-electron chi connectivity index (χ1n) is 7.27. The fourth-order valence-corrected chi connectivity index (χ4v) is 1.94. The van der Waals surface area contributed by atoms with Crippen molar-refractivity contribution in [3.8, 4) is 11.4 Å². The molecule has 1 aromatic carbocycles. The van der Waals surface area contributed by atoms with E-state index < -0.39 is 12.1 Å². The Labute approximate surface area is 141 Å². The molecule has 0 aliphatic rings. The maximum atomic E-state index is 12.5. The molecule has 0 N–H and O–H groups in total. The number of ether oxygens (including phenoxy) is 1. The number of aromatic nitrogens is 2. The summed E-state index contributed by atoms with van der Waals surface area (Å²) in [6.07, 6.45) is -4.69. The number of halogens is 3. The van der Waals surface area contributed by atoms with Crippen LogP contribution in [0.25, 0.3) is 11.4 Å². The van der Waals surface area contributed by atoms with Crippen LogP contribution < -0.4 is 0 Å². The molecule has 25 heavy (non-hydrogen) atoms. The monoisotopic (exact) mass is 359 g/mol. The molecule has 0 fully saturated rings. The number of carbonyl (C=O) groups is 1. The first kappa shape index (κ1) is 18.9. The van der Waals surface area contributed by atoms with Crippen LogP contribution in [0.4, 0.5) is 13.2 Å². The number of carbonyl (C=O) groups excluding carboxylic acids is 1. The Hall–Kier alpha value is -2.46.